The fraction of sp³-hybridized carbons (Fsp3) is 0.579. The summed E-state index contributed by atoms with van der Waals surface area (Å²) in [5.41, 5.74) is 0.614. The summed E-state index contributed by atoms with van der Waals surface area (Å²) in [6.45, 7) is 11.2. The van der Waals surface area contributed by atoms with Gasteiger partial charge in [-0.1, -0.05) is 32.9 Å². The minimum absolute atomic E-state index is 0.178. The fourth-order valence-electron chi connectivity index (χ4n) is 2.94. The molecule has 0 spiro atoms. The minimum Gasteiger partial charge on any atom is -0.494 e. The molecule has 1 saturated heterocycles. The van der Waals surface area contributed by atoms with Gasteiger partial charge >= 0.3 is 0 Å². The van der Waals surface area contributed by atoms with Crippen LogP contribution in [-0.2, 0) is 4.79 Å². The van der Waals surface area contributed by atoms with Gasteiger partial charge < -0.3 is 9.64 Å². The lowest BCUT2D eigenvalue weighted by atomic mass is 9.94. The van der Waals surface area contributed by atoms with Crippen LogP contribution >= 0.6 is 0 Å². The molecule has 0 radical (unpaired) electrons. The molecule has 2 rings (SSSR count). The molecule has 1 atom stereocenters. The van der Waals surface area contributed by atoms with E-state index in [9.17, 15) is 10.1 Å². The second-order valence-corrected chi connectivity index (χ2v) is 7.11. The van der Waals surface area contributed by atoms with Crippen molar-refractivity contribution in [1.29, 1.82) is 5.26 Å². The van der Waals surface area contributed by atoms with E-state index >= 15 is 0 Å². The van der Waals surface area contributed by atoms with Crippen LogP contribution in [0.15, 0.2) is 24.3 Å². The maximum Gasteiger partial charge on any atom is 0.228 e. The van der Waals surface area contributed by atoms with E-state index in [1.807, 2.05) is 56.9 Å². The van der Waals surface area contributed by atoms with Gasteiger partial charge in [-0.15, -0.1) is 0 Å². The van der Waals surface area contributed by atoms with E-state index in [2.05, 4.69) is 11.0 Å². The Morgan fingerprint density at radius 1 is 1.21 bits per heavy atom. The Bertz CT molecular complexity index is 591. The molecular weight excluding hydrogens is 302 g/mol. The van der Waals surface area contributed by atoms with Crippen molar-refractivity contribution >= 4 is 5.91 Å². The number of ether oxygens (including phenoxy) is 1. The number of nitrogens with zero attached hydrogens (tertiary/aromatic N) is 3. The molecule has 1 heterocycles. The Hall–Kier alpha value is -2.06. The lowest BCUT2D eigenvalue weighted by Crippen LogP contribution is -2.52. The molecule has 1 aliphatic rings. The van der Waals surface area contributed by atoms with Gasteiger partial charge in [0.1, 0.15) is 11.8 Å². The molecule has 1 unspecified atom stereocenters. The van der Waals surface area contributed by atoms with Crippen molar-refractivity contribution in [3.05, 3.63) is 29.8 Å². The first kappa shape index (κ1) is 18.3. The zero-order chi connectivity index (χ0) is 17.7. The highest BCUT2D eigenvalue weighted by molar-refractivity contribution is 5.81. The summed E-state index contributed by atoms with van der Waals surface area (Å²) < 4.78 is 5.45. The Morgan fingerprint density at radius 3 is 2.25 bits per heavy atom. The third-order valence-corrected chi connectivity index (χ3v) is 4.24. The molecule has 130 valence electrons. The molecule has 0 aromatic heterocycles. The lowest BCUT2D eigenvalue weighted by Gasteiger charge is -2.39. The van der Waals surface area contributed by atoms with Gasteiger partial charge in [0.25, 0.3) is 0 Å². The van der Waals surface area contributed by atoms with Gasteiger partial charge in [0.15, 0.2) is 0 Å². The molecule has 1 aliphatic heterocycles. The van der Waals surface area contributed by atoms with Crippen LogP contribution in [0.5, 0.6) is 5.75 Å². The fourth-order valence-corrected chi connectivity index (χ4v) is 2.94. The van der Waals surface area contributed by atoms with Crippen LogP contribution in [0.4, 0.5) is 0 Å². The molecule has 0 aliphatic carbocycles. The van der Waals surface area contributed by atoms with Gasteiger partial charge in [-0.05, 0) is 24.6 Å². The van der Waals surface area contributed by atoms with E-state index < -0.39 is 0 Å². The van der Waals surface area contributed by atoms with Crippen LogP contribution < -0.4 is 4.74 Å². The maximum absolute atomic E-state index is 12.4. The van der Waals surface area contributed by atoms with E-state index in [4.69, 9.17) is 4.74 Å². The Kier molecular flexibility index (Phi) is 5.84. The van der Waals surface area contributed by atoms with Crippen LogP contribution in [0.1, 0.15) is 39.3 Å². The van der Waals surface area contributed by atoms with Crippen LogP contribution in [0.25, 0.3) is 0 Å². The Morgan fingerprint density at radius 2 is 1.79 bits per heavy atom. The van der Waals surface area contributed by atoms with E-state index in [-0.39, 0.29) is 17.4 Å². The predicted molar refractivity (Wildman–Crippen MR) is 93.6 cm³/mol. The summed E-state index contributed by atoms with van der Waals surface area (Å²) in [6.07, 6.45) is 0. The molecule has 1 fully saturated rings. The molecular formula is C19H27N3O2. The number of carbonyl (C=O) groups is 1. The normalized spacial score (nSPS) is 17.2. The Balaban J connectivity index is 2.01. The monoisotopic (exact) mass is 329 g/mol. The standard InChI is InChI=1S/C19H27N3O2/c1-5-24-16-8-6-15(7-9-16)17(14-20)21-10-12-22(13-11-21)18(23)19(2,3)4/h6-9,17H,5,10-13H2,1-4H3. The summed E-state index contributed by atoms with van der Waals surface area (Å²) in [5, 5.41) is 9.61. The molecule has 1 aromatic rings. The molecule has 0 N–H and O–H groups in total. The third kappa shape index (κ3) is 4.27. The van der Waals surface area contributed by atoms with E-state index in [1.165, 1.54) is 0 Å². The largest absolute Gasteiger partial charge is 0.494 e. The maximum atomic E-state index is 12.4. The highest BCUT2D eigenvalue weighted by Crippen LogP contribution is 2.25. The highest BCUT2D eigenvalue weighted by atomic mass is 16.5. The number of benzene rings is 1. The van der Waals surface area contributed by atoms with Gasteiger partial charge in [0, 0.05) is 31.6 Å². The molecule has 0 bridgehead atoms. The first-order chi connectivity index (χ1) is 11.4. The average Bonchev–Trinajstić information content (AvgIpc) is 2.56. The Labute approximate surface area is 144 Å². The molecule has 5 nitrogen and oxygen atoms in total. The average molecular weight is 329 g/mol. The van der Waals surface area contributed by atoms with Crippen molar-refractivity contribution in [1.82, 2.24) is 9.80 Å². The summed E-state index contributed by atoms with van der Waals surface area (Å²) in [4.78, 5) is 16.4. The van der Waals surface area contributed by atoms with Crippen molar-refractivity contribution in [2.24, 2.45) is 5.41 Å². The van der Waals surface area contributed by atoms with Crippen LogP contribution in [0, 0.1) is 16.7 Å². The quantitative estimate of drug-likeness (QED) is 0.852. The molecule has 1 aromatic carbocycles. The first-order valence-corrected chi connectivity index (χ1v) is 8.52. The number of nitriles is 1. The first-order valence-electron chi connectivity index (χ1n) is 8.52. The zero-order valence-corrected chi connectivity index (χ0v) is 15.1. The number of amides is 1. The number of hydrogen-bond donors (Lipinski definition) is 0. The second kappa shape index (κ2) is 7.67. The van der Waals surface area contributed by atoms with Gasteiger partial charge in [0.2, 0.25) is 5.91 Å². The van der Waals surface area contributed by atoms with Gasteiger partial charge in [-0.3, -0.25) is 9.69 Å². The lowest BCUT2D eigenvalue weighted by molar-refractivity contribution is -0.141. The summed E-state index contributed by atoms with van der Waals surface area (Å²) in [7, 11) is 0. The highest BCUT2D eigenvalue weighted by Gasteiger charge is 2.31. The van der Waals surface area contributed by atoms with E-state index in [1.54, 1.807) is 0 Å². The number of carbonyl (C=O) groups excluding carboxylic acids is 1. The van der Waals surface area contributed by atoms with Crippen molar-refractivity contribution < 1.29 is 9.53 Å². The van der Waals surface area contributed by atoms with Crippen molar-refractivity contribution in [2.45, 2.75) is 33.7 Å². The van der Waals surface area contributed by atoms with E-state index in [0.29, 0.717) is 32.8 Å². The van der Waals surface area contributed by atoms with Crippen molar-refractivity contribution in [2.75, 3.05) is 32.8 Å². The zero-order valence-electron chi connectivity index (χ0n) is 15.1. The van der Waals surface area contributed by atoms with Crippen molar-refractivity contribution in [3.8, 4) is 11.8 Å². The predicted octanol–water partition coefficient (Wildman–Crippen LogP) is 2.84. The van der Waals surface area contributed by atoms with E-state index in [0.717, 1.165) is 11.3 Å². The van der Waals surface area contributed by atoms with Gasteiger partial charge in [-0.25, -0.2) is 0 Å². The molecule has 24 heavy (non-hydrogen) atoms. The molecule has 1 amide bonds. The summed E-state index contributed by atoms with van der Waals surface area (Å²) >= 11 is 0. The SMILES string of the molecule is CCOc1ccc(C(C#N)N2CCN(C(=O)C(C)(C)C)CC2)cc1. The van der Waals surface area contributed by atoms with Crippen LogP contribution in [-0.4, -0.2) is 48.5 Å². The van der Waals surface area contributed by atoms with Gasteiger partial charge in [-0.2, -0.15) is 5.26 Å². The number of rotatable bonds is 4. The number of hydrogen-bond acceptors (Lipinski definition) is 4. The molecule has 0 saturated carbocycles. The third-order valence-electron chi connectivity index (χ3n) is 4.24. The van der Waals surface area contributed by atoms with Gasteiger partial charge in [0.05, 0.1) is 12.7 Å². The second-order valence-electron chi connectivity index (χ2n) is 7.11. The minimum atomic E-state index is -0.355. The topological polar surface area (TPSA) is 56.6 Å². The smallest absolute Gasteiger partial charge is 0.228 e. The summed E-state index contributed by atoms with van der Waals surface area (Å²) in [6, 6.07) is 9.82. The molecule has 5 heteroatoms. The summed E-state index contributed by atoms with van der Waals surface area (Å²) in [5.74, 6) is 0.996. The number of piperazine rings is 1. The van der Waals surface area contributed by atoms with Crippen LogP contribution in [0.2, 0.25) is 0 Å². The van der Waals surface area contributed by atoms with Crippen LogP contribution in [0.3, 0.4) is 0 Å². The van der Waals surface area contributed by atoms with Crippen molar-refractivity contribution in [3.63, 3.8) is 0 Å².